The molecular formula is C14H15NO3S2. The van der Waals surface area contributed by atoms with E-state index in [0.717, 1.165) is 29.6 Å². The van der Waals surface area contributed by atoms with E-state index in [1.807, 2.05) is 29.2 Å². The van der Waals surface area contributed by atoms with Crippen LogP contribution in [0.25, 0.3) is 0 Å². The lowest BCUT2D eigenvalue weighted by Crippen LogP contribution is -2.30. The molecule has 4 nitrogen and oxygen atoms in total. The highest BCUT2D eigenvalue weighted by molar-refractivity contribution is 8.00. The molecule has 0 bridgehead atoms. The van der Waals surface area contributed by atoms with Gasteiger partial charge in [0.15, 0.2) is 0 Å². The van der Waals surface area contributed by atoms with Crippen molar-refractivity contribution in [2.75, 3.05) is 18.1 Å². The van der Waals surface area contributed by atoms with Gasteiger partial charge < -0.3 is 13.7 Å². The summed E-state index contributed by atoms with van der Waals surface area (Å²) in [6.07, 6.45) is 3.34. The number of furan rings is 2. The maximum absolute atomic E-state index is 11.9. The summed E-state index contributed by atoms with van der Waals surface area (Å²) in [5.41, 5.74) is 0. The Labute approximate surface area is 125 Å². The lowest BCUT2D eigenvalue weighted by Gasteiger charge is -2.21. The molecule has 106 valence electrons. The lowest BCUT2D eigenvalue weighted by molar-refractivity contribution is -0.127. The Balaban J connectivity index is 1.51. The molecule has 1 aliphatic rings. The third kappa shape index (κ3) is 3.07. The Kier molecular flexibility index (Phi) is 4.42. The van der Waals surface area contributed by atoms with Crippen molar-refractivity contribution >= 4 is 29.4 Å². The fourth-order valence-corrected chi connectivity index (χ4v) is 4.10. The van der Waals surface area contributed by atoms with Gasteiger partial charge in [-0.2, -0.15) is 11.8 Å². The van der Waals surface area contributed by atoms with Crippen molar-refractivity contribution in [1.82, 2.24) is 4.90 Å². The number of amides is 1. The van der Waals surface area contributed by atoms with Crippen LogP contribution in [0.1, 0.15) is 16.9 Å². The van der Waals surface area contributed by atoms with Gasteiger partial charge in [0.05, 0.1) is 24.0 Å². The minimum absolute atomic E-state index is 0.0294. The fraction of sp³-hybridized carbons (Fsp3) is 0.357. The van der Waals surface area contributed by atoms with Crippen LogP contribution >= 0.6 is 23.5 Å². The maximum Gasteiger partial charge on any atom is 0.233 e. The highest BCUT2D eigenvalue weighted by atomic mass is 32.2. The number of carbonyl (C=O) groups excluding carboxylic acids is 1. The first kappa shape index (κ1) is 13.7. The van der Waals surface area contributed by atoms with E-state index in [1.165, 1.54) is 0 Å². The smallest absolute Gasteiger partial charge is 0.233 e. The maximum atomic E-state index is 11.9. The first-order chi connectivity index (χ1) is 9.84. The van der Waals surface area contributed by atoms with Crippen molar-refractivity contribution in [1.29, 1.82) is 0 Å². The number of carbonyl (C=O) groups is 1. The fourth-order valence-electron chi connectivity index (χ4n) is 2.09. The van der Waals surface area contributed by atoms with Gasteiger partial charge >= 0.3 is 0 Å². The molecule has 6 heteroatoms. The van der Waals surface area contributed by atoms with Crippen LogP contribution in [0.3, 0.4) is 0 Å². The molecule has 1 amide bonds. The molecule has 1 aliphatic heterocycles. The molecule has 0 aromatic carbocycles. The van der Waals surface area contributed by atoms with Gasteiger partial charge in [0, 0.05) is 12.3 Å². The van der Waals surface area contributed by atoms with Crippen molar-refractivity contribution < 1.29 is 13.6 Å². The number of hydrogen-bond acceptors (Lipinski definition) is 5. The second-order valence-corrected chi connectivity index (χ2v) is 6.57. The SMILES string of the molecule is O=C1CSC(c2ccco2)N1CCSCc1ccco1. The van der Waals surface area contributed by atoms with Crippen molar-refractivity contribution in [2.24, 2.45) is 0 Å². The third-order valence-electron chi connectivity index (χ3n) is 3.06. The monoisotopic (exact) mass is 309 g/mol. The number of thioether (sulfide) groups is 2. The molecule has 1 fully saturated rings. The van der Waals surface area contributed by atoms with E-state index in [-0.39, 0.29) is 11.3 Å². The van der Waals surface area contributed by atoms with E-state index in [1.54, 1.807) is 36.1 Å². The number of nitrogens with zero attached hydrogens (tertiary/aromatic N) is 1. The molecule has 3 heterocycles. The Morgan fingerprint density at radius 1 is 1.30 bits per heavy atom. The van der Waals surface area contributed by atoms with Crippen LogP contribution in [0.15, 0.2) is 45.6 Å². The summed E-state index contributed by atoms with van der Waals surface area (Å²) in [6.45, 7) is 0.739. The second-order valence-electron chi connectivity index (χ2n) is 4.40. The third-order valence-corrected chi connectivity index (χ3v) is 5.23. The van der Waals surface area contributed by atoms with Gasteiger partial charge in [-0.25, -0.2) is 0 Å². The zero-order valence-corrected chi connectivity index (χ0v) is 12.5. The Morgan fingerprint density at radius 2 is 2.15 bits per heavy atom. The van der Waals surface area contributed by atoms with E-state index >= 15 is 0 Å². The Hall–Kier alpha value is -1.27. The minimum Gasteiger partial charge on any atom is -0.468 e. The van der Waals surface area contributed by atoms with E-state index in [0.29, 0.717) is 5.75 Å². The van der Waals surface area contributed by atoms with Crippen LogP contribution in [-0.4, -0.2) is 28.9 Å². The molecule has 20 heavy (non-hydrogen) atoms. The highest BCUT2D eigenvalue weighted by Gasteiger charge is 2.33. The molecule has 0 spiro atoms. The number of hydrogen-bond donors (Lipinski definition) is 0. The van der Waals surface area contributed by atoms with Crippen LogP contribution in [0, 0.1) is 0 Å². The summed E-state index contributed by atoms with van der Waals surface area (Å²) in [6, 6.07) is 7.65. The van der Waals surface area contributed by atoms with Crippen LogP contribution in [-0.2, 0) is 10.5 Å². The van der Waals surface area contributed by atoms with Gasteiger partial charge in [-0.15, -0.1) is 11.8 Å². The molecule has 2 aromatic rings. The van der Waals surface area contributed by atoms with Crippen molar-refractivity contribution in [3.8, 4) is 0 Å². The summed E-state index contributed by atoms with van der Waals surface area (Å²) in [7, 11) is 0. The Morgan fingerprint density at radius 3 is 2.90 bits per heavy atom. The first-order valence-electron chi connectivity index (χ1n) is 6.39. The summed E-state index contributed by atoms with van der Waals surface area (Å²) >= 11 is 3.40. The molecule has 0 N–H and O–H groups in total. The van der Waals surface area contributed by atoms with Crippen LogP contribution in [0.5, 0.6) is 0 Å². The van der Waals surface area contributed by atoms with Crippen LogP contribution in [0.4, 0.5) is 0 Å². The standard InChI is InChI=1S/C14H15NO3S2/c16-13-10-20-14(12-4-2-7-18-12)15(13)5-8-19-9-11-3-1-6-17-11/h1-4,6-7,14H,5,8-10H2. The quantitative estimate of drug-likeness (QED) is 0.766. The zero-order valence-electron chi connectivity index (χ0n) is 10.9. The van der Waals surface area contributed by atoms with Gasteiger partial charge in [0.25, 0.3) is 0 Å². The second kappa shape index (κ2) is 6.45. The predicted octanol–water partition coefficient (Wildman–Crippen LogP) is 3.38. The molecule has 0 aliphatic carbocycles. The summed E-state index contributed by atoms with van der Waals surface area (Å²) < 4.78 is 10.7. The molecule has 1 unspecified atom stereocenters. The molecule has 1 saturated heterocycles. The summed E-state index contributed by atoms with van der Waals surface area (Å²) in [5, 5.41) is 0.0294. The van der Waals surface area contributed by atoms with Gasteiger partial charge in [-0.3, -0.25) is 4.79 Å². The highest BCUT2D eigenvalue weighted by Crippen LogP contribution is 2.38. The first-order valence-corrected chi connectivity index (χ1v) is 8.59. The number of rotatable bonds is 6. The average molecular weight is 309 g/mol. The van der Waals surface area contributed by atoms with Crippen LogP contribution in [0.2, 0.25) is 0 Å². The van der Waals surface area contributed by atoms with E-state index in [2.05, 4.69) is 0 Å². The molecular weight excluding hydrogens is 294 g/mol. The van der Waals surface area contributed by atoms with Crippen molar-refractivity contribution in [2.45, 2.75) is 11.1 Å². The molecule has 0 saturated carbocycles. The van der Waals surface area contributed by atoms with E-state index in [9.17, 15) is 4.79 Å². The predicted molar refractivity (Wildman–Crippen MR) is 80.5 cm³/mol. The molecule has 0 radical (unpaired) electrons. The topological polar surface area (TPSA) is 46.6 Å². The van der Waals surface area contributed by atoms with Crippen molar-refractivity contribution in [3.63, 3.8) is 0 Å². The van der Waals surface area contributed by atoms with Gasteiger partial charge in [-0.1, -0.05) is 0 Å². The largest absolute Gasteiger partial charge is 0.468 e. The van der Waals surface area contributed by atoms with Crippen LogP contribution < -0.4 is 0 Å². The lowest BCUT2D eigenvalue weighted by atomic mass is 10.4. The normalized spacial score (nSPS) is 18.9. The Bertz CT molecular complexity index is 539. The summed E-state index contributed by atoms with van der Waals surface area (Å²) in [4.78, 5) is 13.8. The van der Waals surface area contributed by atoms with Gasteiger partial charge in [-0.05, 0) is 24.3 Å². The minimum atomic E-state index is 0.0294. The zero-order chi connectivity index (χ0) is 13.8. The van der Waals surface area contributed by atoms with Gasteiger partial charge in [0.2, 0.25) is 5.91 Å². The average Bonchev–Trinajstić information content (AvgIpc) is 3.17. The molecule has 1 atom stereocenters. The molecule has 3 rings (SSSR count). The molecule has 2 aromatic heterocycles. The van der Waals surface area contributed by atoms with E-state index in [4.69, 9.17) is 8.83 Å². The van der Waals surface area contributed by atoms with Crippen molar-refractivity contribution in [3.05, 3.63) is 48.3 Å². The van der Waals surface area contributed by atoms with E-state index < -0.39 is 0 Å². The van der Waals surface area contributed by atoms with Gasteiger partial charge in [0.1, 0.15) is 16.9 Å². The summed E-state index contributed by atoms with van der Waals surface area (Å²) in [5.74, 6) is 4.29.